The van der Waals surface area contributed by atoms with Crippen molar-refractivity contribution in [3.8, 4) is 5.69 Å². The van der Waals surface area contributed by atoms with Crippen molar-refractivity contribution in [3.05, 3.63) is 71.5 Å². The predicted octanol–water partition coefficient (Wildman–Crippen LogP) is 2.25. The van der Waals surface area contributed by atoms with Gasteiger partial charge in [0.05, 0.1) is 17.1 Å². The zero-order valence-electron chi connectivity index (χ0n) is 11.5. The Labute approximate surface area is 131 Å². The van der Waals surface area contributed by atoms with Crippen LogP contribution in [0.25, 0.3) is 5.69 Å². The molecular formula is C15H12ClN5O. The Bertz CT molecular complexity index is 787. The van der Waals surface area contributed by atoms with E-state index in [1.165, 1.54) is 12.4 Å². The third-order valence-corrected chi connectivity index (χ3v) is 3.38. The van der Waals surface area contributed by atoms with E-state index in [0.717, 1.165) is 5.69 Å². The molecule has 2 heterocycles. The Morgan fingerprint density at radius 2 is 2.05 bits per heavy atom. The second-order valence-electron chi connectivity index (χ2n) is 4.49. The summed E-state index contributed by atoms with van der Waals surface area (Å²) in [6, 6.07) is 11.2. The summed E-state index contributed by atoms with van der Waals surface area (Å²) in [5, 5.41) is 11.0. The first kappa shape index (κ1) is 14.2. The van der Waals surface area contributed by atoms with Crippen molar-refractivity contribution in [2.24, 2.45) is 0 Å². The lowest BCUT2D eigenvalue weighted by Crippen LogP contribution is -2.24. The minimum absolute atomic E-state index is 0.242. The van der Waals surface area contributed by atoms with Crippen molar-refractivity contribution in [2.45, 2.75) is 6.54 Å². The molecule has 6 nitrogen and oxygen atoms in total. The molecule has 0 aliphatic heterocycles. The first-order valence-corrected chi connectivity index (χ1v) is 6.95. The Kier molecular flexibility index (Phi) is 4.11. The molecule has 3 aromatic rings. The van der Waals surface area contributed by atoms with Crippen molar-refractivity contribution in [1.29, 1.82) is 0 Å². The Balaban J connectivity index is 1.75. The molecule has 22 heavy (non-hydrogen) atoms. The number of rotatable bonds is 4. The van der Waals surface area contributed by atoms with Gasteiger partial charge < -0.3 is 5.32 Å². The van der Waals surface area contributed by atoms with Crippen LogP contribution in [0.3, 0.4) is 0 Å². The van der Waals surface area contributed by atoms with Crippen molar-refractivity contribution in [3.63, 3.8) is 0 Å². The lowest BCUT2D eigenvalue weighted by molar-refractivity contribution is 0.0949. The maximum absolute atomic E-state index is 12.1. The summed E-state index contributed by atoms with van der Waals surface area (Å²) in [4.78, 5) is 16.0. The highest BCUT2D eigenvalue weighted by atomic mass is 35.5. The predicted molar refractivity (Wildman–Crippen MR) is 81.8 cm³/mol. The molecule has 0 fully saturated rings. The molecule has 0 unspecified atom stereocenters. The fraction of sp³-hybridized carbons (Fsp3) is 0.0667. The van der Waals surface area contributed by atoms with Crippen molar-refractivity contribution in [2.75, 3.05) is 0 Å². The minimum Gasteiger partial charge on any atom is -0.345 e. The van der Waals surface area contributed by atoms with Gasteiger partial charge in [0, 0.05) is 18.1 Å². The summed E-state index contributed by atoms with van der Waals surface area (Å²) in [5.41, 5.74) is 1.31. The number of amides is 1. The number of aromatic nitrogens is 4. The summed E-state index contributed by atoms with van der Waals surface area (Å²) in [6.45, 7) is 0.242. The zero-order valence-corrected chi connectivity index (χ0v) is 12.2. The normalized spacial score (nSPS) is 10.4. The Hall–Kier alpha value is -2.73. The number of halogens is 1. The number of carbonyl (C=O) groups is 1. The second kappa shape index (κ2) is 6.36. The maximum Gasteiger partial charge on any atom is 0.253 e. The van der Waals surface area contributed by atoms with Gasteiger partial charge in [-0.1, -0.05) is 29.8 Å². The molecule has 0 saturated carbocycles. The molecule has 1 amide bonds. The van der Waals surface area contributed by atoms with Crippen LogP contribution < -0.4 is 5.32 Å². The van der Waals surface area contributed by atoms with Crippen LogP contribution in [0.4, 0.5) is 0 Å². The number of nitrogens with zero attached hydrogens (tertiary/aromatic N) is 4. The van der Waals surface area contributed by atoms with Crippen molar-refractivity contribution < 1.29 is 4.79 Å². The smallest absolute Gasteiger partial charge is 0.253 e. The van der Waals surface area contributed by atoms with Gasteiger partial charge in [0.1, 0.15) is 6.33 Å². The van der Waals surface area contributed by atoms with E-state index in [9.17, 15) is 4.79 Å². The van der Waals surface area contributed by atoms with Gasteiger partial charge in [-0.05, 0) is 18.2 Å². The summed E-state index contributed by atoms with van der Waals surface area (Å²) in [6.07, 6.45) is 4.56. The molecule has 0 spiro atoms. The average molecular weight is 314 g/mol. The molecule has 0 bridgehead atoms. The first-order chi connectivity index (χ1) is 10.8. The standard InChI is InChI=1S/C15H12ClN5O/c16-13-8-17-7-6-12(13)15(22)18-9-14-20-19-10-21(14)11-4-2-1-3-5-11/h1-8,10H,9H2,(H,18,22). The van der Waals surface area contributed by atoms with E-state index in [1.54, 1.807) is 12.4 Å². The third kappa shape index (κ3) is 2.96. The van der Waals surface area contributed by atoms with E-state index in [0.29, 0.717) is 16.4 Å². The number of pyridine rings is 1. The van der Waals surface area contributed by atoms with E-state index >= 15 is 0 Å². The monoisotopic (exact) mass is 313 g/mol. The van der Waals surface area contributed by atoms with Crippen LogP contribution in [0.5, 0.6) is 0 Å². The fourth-order valence-electron chi connectivity index (χ4n) is 2.00. The molecular weight excluding hydrogens is 302 g/mol. The number of benzene rings is 1. The van der Waals surface area contributed by atoms with Gasteiger partial charge in [-0.2, -0.15) is 0 Å². The van der Waals surface area contributed by atoms with Gasteiger partial charge >= 0.3 is 0 Å². The van der Waals surface area contributed by atoms with Crippen LogP contribution in [-0.2, 0) is 6.54 Å². The summed E-state index contributed by atoms with van der Waals surface area (Å²) >= 11 is 5.95. The number of hydrogen-bond donors (Lipinski definition) is 1. The molecule has 2 aromatic heterocycles. The molecule has 0 atom stereocenters. The lowest BCUT2D eigenvalue weighted by atomic mass is 10.2. The van der Waals surface area contributed by atoms with Gasteiger partial charge in [0.15, 0.2) is 5.82 Å². The molecule has 3 rings (SSSR count). The average Bonchev–Trinajstić information content (AvgIpc) is 3.02. The van der Waals surface area contributed by atoms with E-state index in [4.69, 9.17) is 11.6 Å². The highest BCUT2D eigenvalue weighted by Crippen LogP contribution is 2.13. The summed E-state index contributed by atoms with van der Waals surface area (Å²) in [5.74, 6) is 0.347. The number of nitrogens with one attached hydrogen (secondary N) is 1. The van der Waals surface area contributed by atoms with Crippen LogP contribution in [0, 0.1) is 0 Å². The molecule has 110 valence electrons. The van der Waals surface area contributed by atoms with Gasteiger partial charge in [0.25, 0.3) is 5.91 Å². The third-order valence-electron chi connectivity index (χ3n) is 3.08. The largest absolute Gasteiger partial charge is 0.345 e. The number of hydrogen-bond acceptors (Lipinski definition) is 4. The highest BCUT2D eigenvalue weighted by Gasteiger charge is 2.12. The van der Waals surface area contributed by atoms with Crippen LogP contribution in [0.1, 0.15) is 16.2 Å². The SMILES string of the molecule is O=C(NCc1nncn1-c1ccccc1)c1ccncc1Cl. The molecule has 1 aromatic carbocycles. The topological polar surface area (TPSA) is 72.7 Å². The van der Waals surface area contributed by atoms with Gasteiger partial charge in [-0.3, -0.25) is 14.3 Å². The van der Waals surface area contributed by atoms with E-state index in [-0.39, 0.29) is 12.5 Å². The first-order valence-electron chi connectivity index (χ1n) is 6.58. The van der Waals surface area contributed by atoms with E-state index in [2.05, 4.69) is 20.5 Å². The zero-order chi connectivity index (χ0) is 15.4. The molecule has 0 aliphatic rings. The van der Waals surface area contributed by atoms with E-state index < -0.39 is 0 Å². The van der Waals surface area contributed by atoms with Crippen LogP contribution in [0.2, 0.25) is 5.02 Å². The van der Waals surface area contributed by atoms with Gasteiger partial charge in [-0.15, -0.1) is 10.2 Å². The molecule has 0 aliphatic carbocycles. The quantitative estimate of drug-likeness (QED) is 0.802. The highest BCUT2D eigenvalue weighted by molar-refractivity contribution is 6.33. The van der Waals surface area contributed by atoms with Crippen LogP contribution in [0.15, 0.2) is 55.1 Å². The number of carbonyl (C=O) groups excluding carboxylic acids is 1. The lowest BCUT2D eigenvalue weighted by Gasteiger charge is -2.08. The molecule has 7 heteroatoms. The van der Waals surface area contributed by atoms with Gasteiger partial charge in [0.2, 0.25) is 0 Å². The molecule has 0 saturated heterocycles. The Morgan fingerprint density at radius 1 is 1.23 bits per heavy atom. The van der Waals surface area contributed by atoms with E-state index in [1.807, 2.05) is 34.9 Å². The summed E-state index contributed by atoms with van der Waals surface area (Å²) < 4.78 is 1.81. The minimum atomic E-state index is -0.282. The van der Waals surface area contributed by atoms with Crippen molar-refractivity contribution >= 4 is 17.5 Å². The van der Waals surface area contributed by atoms with Crippen LogP contribution in [-0.4, -0.2) is 25.7 Å². The van der Waals surface area contributed by atoms with Crippen molar-refractivity contribution in [1.82, 2.24) is 25.1 Å². The second-order valence-corrected chi connectivity index (χ2v) is 4.90. The Morgan fingerprint density at radius 3 is 2.82 bits per heavy atom. The van der Waals surface area contributed by atoms with Crippen LogP contribution >= 0.6 is 11.6 Å². The summed E-state index contributed by atoms with van der Waals surface area (Å²) in [7, 11) is 0. The van der Waals surface area contributed by atoms with Gasteiger partial charge in [-0.25, -0.2) is 0 Å². The number of para-hydroxylation sites is 1. The maximum atomic E-state index is 12.1. The molecule has 1 N–H and O–H groups in total. The fourth-order valence-corrected chi connectivity index (χ4v) is 2.20. The molecule has 0 radical (unpaired) electrons.